The average molecular weight is 218 g/mol. The van der Waals surface area contributed by atoms with Gasteiger partial charge in [-0.15, -0.1) is 0 Å². The van der Waals surface area contributed by atoms with E-state index in [1.807, 2.05) is 0 Å². The second kappa shape index (κ2) is 2.84. The van der Waals surface area contributed by atoms with Crippen molar-refractivity contribution in [1.29, 1.82) is 0 Å². The topological polar surface area (TPSA) is 126 Å². The summed E-state index contributed by atoms with van der Waals surface area (Å²) >= 11 is 0. The van der Waals surface area contributed by atoms with E-state index >= 15 is 0 Å². The normalized spacial score (nSPS) is 13.2. The molecule has 3 rings (SSSR count). The Labute approximate surface area is 90.2 Å². The van der Waals surface area contributed by atoms with Gasteiger partial charge in [0.05, 0.1) is 11.3 Å². The van der Waals surface area contributed by atoms with Gasteiger partial charge >= 0.3 is 0 Å². The van der Waals surface area contributed by atoms with Gasteiger partial charge in [0.15, 0.2) is 11.5 Å². The van der Waals surface area contributed by atoms with Gasteiger partial charge in [-0.2, -0.15) is 10.2 Å². The predicted molar refractivity (Wildman–Crippen MR) is 56.5 cm³/mol. The second-order valence-corrected chi connectivity index (χ2v) is 3.75. The summed E-state index contributed by atoms with van der Waals surface area (Å²) in [4.78, 5) is 11.2. The minimum Gasteiger partial charge on any atom is -0.382 e. The summed E-state index contributed by atoms with van der Waals surface area (Å²) in [5, 5.41) is 13.5. The van der Waals surface area contributed by atoms with Crippen molar-refractivity contribution in [3.05, 3.63) is 17.0 Å². The lowest BCUT2D eigenvalue weighted by molar-refractivity contribution is 0.0994. The molecule has 0 bridgehead atoms. The van der Waals surface area contributed by atoms with Gasteiger partial charge < -0.3 is 11.5 Å². The van der Waals surface area contributed by atoms with Gasteiger partial charge in [-0.25, -0.2) is 0 Å². The molecule has 0 unspecified atom stereocenters. The Bertz CT molecular complexity index is 581. The molecule has 6 N–H and O–H groups in total. The second-order valence-electron chi connectivity index (χ2n) is 3.75. The van der Waals surface area contributed by atoms with Crippen LogP contribution in [0, 0.1) is 0 Å². The summed E-state index contributed by atoms with van der Waals surface area (Å²) in [6, 6.07) is 0. The number of hydrogen-bond donors (Lipinski definition) is 4. The number of fused-ring (bicyclic) bond motifs is 3. The SMILES string of the molecule is NC(=O)c1n[nH]c2c1CCc1[nH]nc(N)c1-2. The summed E-state index contributed by atoms with van der Waals surface area (Å²) in [5.41, 5.74) is 14.6. The number of nitrogens with zero attached hydrogens (tertiary/aromatic N) is 2. The molecule has 1 aliphatic rings. The lowest BCUT2D eigenvalue weighted by atomic mass is 9.93. The van der Waals surface area contributed by atoms with E-state index in [0.717, 1.165) is 28.9 Å². The minimum absolute atomic E-state index is 0.293. The number of nitrogens with two attached hydrogens (primary N) is 2. The van der Waals surface area contributed by atoms with Crippen molar-refractivity contribution in [2.45, 2.75) is 12.8 Å². The van der Waals surface area contributed by atoms with Gasteiger partial charge in [-0.05, 0) is 12.8 Å². The Morgan fingerprint density at radius 1 is 1.25 bits per heavy atom. The number of nitrogens with one attached hydrogen (secondary N) is 2. The third-order valence-electron chi connectivity index (χ3n) is 2.84. The van der Waals surface area contributed by atoms with Crippen LogP contribution in [0.5, 0.6) is 0 Å². The highest BCUT2D eigenvalue weighted by Gasteiger charge is 2.27. The Hall–Kier alpha value is -2.31. The number of primary amides is 1. The number of H-pyrrole nitrogens is 2. The fourth-order valence-corrected chi connectivity index (χ4v) is 2.12. The Balaban J connectivity index is 2.26. The highest BCUT2D eigenvalue weighted by molar-refractivity contribution is 5.95. The Kier molecular flexibility index (Phi) is 1.59. The van der Waals surface area contributed by atoms with Crippen LogP contribution in [0.15, 0.2) is 0 Å². The van der Waals surface area contributed by atoms with Crippen LogP contribution in [-0.2, 0) is 12.8 Å². The number of nitrogen functional groups attached to an aromatic ring is 1. The standard InChI is InChI=1S/C9H10N6O/c10-8-5-4(12-15-8)2-1-3-6(5)13-14-7(3)9(11)16/h1-2H2,(H2,11,16)(H,13,14)(H3,10,12,15). The predicted octanol–water partition coefficient (Wildman–Crippen LogP) is -0.421. The molecule has 7 nitrogen and oxygen atoms in total. The molecule has 16 heavy (non-hydrogen) atoms. The molecule has 0 aliphatic heterocycles. The number of amides is 1. The summed E-state index contributed by atoms with van der Waals surface area (Å²) in [6.45, 7) is 0. The van der Waals surface area contributed by atoms with Gasteiger partial charge in [-0.3, -0.25) is 15.0 Å². The van der Waals surface area contributed by atoms with E-state index in [1.165, 1.54) is 0 Å². The summed E-state index contributed by atoms with van der Waals surface area (Å²) in [6.07, 6.45) is 1.46. The van der Waals surface area contributed by atoms with Crippen LogP contribution >= 0.6 is 0 Å². The summed E-state index contributed by atoms with van der Waals surface area (Å²) < 4.78 is 0. The molecule has 1 aliphatic carbocycles. The molecular weight excluding hydrogens is 208 g/mol. The van der Waals surface area contributed by atoms with Crippen molar-refractivity contribution in [2.75, 3.05) is 5.73 Å². The average Bonchev–Trinajstić information content (AvgIpc) is 2.81. The molecule has 0 fully saturated rings. The zero-order valence-electron chi connectivity index (χ0n) is 8.37. The van der Waals surface area contributed by atoms with E-state index in [1.54, 1.807) is 0 Å². The Morgan fingerprint density at radius 2 is 2.06 bits per heavy atom. The lowest BCUT2D eigenvalue weighted by Gasteiger charge is -2.11. The summed E-state index contributed by atoms with van der Waals surface area (Å²) in [5.74, 6) is -0.112. The largest absolute Gasteiger partial charge is 0.382 e. The molecule has 0 aromatic carbocycles. The highest BCUT2D eigenvalue weighted by atomic mass is 16.1. The van der Waals surface area contributed by atoms with Crippen LogP contribution in [0.2, 0.25) is 0 Å². The van der Waals surface area contributed by atoms with Crippen molar-refractivity contribution in [1.82, 2.24) is 20.4 Å². The fraction of sp³-hybridized carbons (Fsp3) is 0.222. The van der Waals surface area contributed by atoms with E-state index in [4.69, 9.17) is 11.5 Å². The van der Waals surface area contributed by atoms with Crippen LogP contribution in [0.4, 0.5) is 5.82 Å². The van der Waals surface area contributed by atoms with Crippen molar-refractivity contribution < 1.29 is 4.79 Å². The first kappa shape index (κ1) is 8.96. The maximum absolute atomic E-state index is 11.2. The van der Waals surface area contributed by atoms with E-state index in [2.05, 4.69) is 20.4 Å². The highest BCUT2D eigenvalue weighted by Crippen LogP contribution is 2.35. The van der Waals surface area contributed by atoms with Crippen LogP contribution in [-0.4, -0.2) is 26.3 Å². The van der Waals surface area contributed by atoms with Gasteiger partial charge in [-0.1, -0.05) is 0 Å². The minimum atomic E-state index is -0.525. The van der Waals surface area contributed by atoms with E-state index in [-0.39, 0.29) is 0 Å². The van der Waals surface area contributed by atoms with E-state index < -0.39 is 5.91 Å². The number of carbonyl (C=O) groups excluding carboxylic acids is 1. The number of aromatic nitrogens is 4. The monoisotopic (exact) mass is 218 g/mol. The zero-order chi connectivity index (χ0) is 11.3. The first-order chi connectivity index (χ1) is 7.68. The molecule has 2 aromatic heterocycles. The first-order valence-corrected chi connectivity index (χ1v) is 4.88. The first-order valence-electron chi connectivity index (χ1n) is 4.88. The van der Waals surface area contributed by atoms with Crippen LogP contribution in [0.3, 0.4) is 0 Å². The molecule has 7 heteroatoms. The van der Waals surface area contributed by atoms with Gasteiger partial charge in [0, 0.05) is 11.3 Å². The molecule has 1 amide bonds. The van der Waals surface area contributed by atoms with E-state index in [0.29, 0.717) is 17.9 Å². The third-order valence-corrected chi connectivity index (χ3v) is 2.84. The van der Waals surface area contributed by atoms with Gasteiger partial charge in [0.2, 0.25) is 0 Å². The number of hydrogen-bond acceptors (Lipinski definition) is 4. The molecule has 82 valence electrons. The number of rotatable bonds is 1. The molecule has 0 saturated carbocycles. The zero-order valence-corrected chi connectivity index (χ0v) is 8.37. The number of aryl methyl sites for hydroxylation is 1. The molecule has 2 heterocycles. The van der Waals surface area contributed by atoms with Gasteiger partial charge in [0.25, 0.3) is 5.91 Å². The maximum Gasteiger partial charge on any atom is 0.269 e. The number of aromatic amines is 2. The third kappa shape index (κ3) is 0.992. The van der Waals surface area contributed by atoms with Crippen LogP contribution in [0.1, 0.15) is 21.7 Å². The molecule has 0 saturated heterocycles. The number of anilines is 1. The lowest BCUT2D eigenvalue weighted by Crippen LogP contribution is -2.15. The molecule has 0 spiro atoms. The smallest absolute Gasteiger partial charge is 0.269 e. The van der Waals surface area contributed by atoms with Crippen molar-refractivity contribution >= 4 is 11.7 Å². The molecule has 0 atom stereocenters. The van der Waals surface area contributed by atoms with E-state index in [9.17, 15) is 4.79 Å². The summed E-state index contributed by atoms with van der Waals surface area (Å²) in [7, 11) is 0. The quantitative estimate of drug-likeness (QED) is 0.518. The molecular formula is C9H10N6O. The molecule has 2 aromatic rings. The van der Waals surface area contributed by atoms with Crippen molar-refractivity contribution in [3.63, 3.8) is 0 Å². The molecule has 0 radical (unpaired) electrons. The fourth-order valence-electron chi connectivity index (χ4n) is 2.12. The maximum atomic E-state index is 11.2. The van der Waals surface area contributed by atoms with Crippen LogP contribution < -0.4 is 11.5 Å². The van der Waals surface area contributed by atoms with Gasteiger partial charge in [0.1, 0.15) is 0 Å². The number of carbonyl (C=O) groups is 1. The Morgan fingerprint density at radius 3 is 2.81 bits per heavy atom. The van der Waals surface area contributed by atoms with Crippen molar-refractivity contribution in [3.8, 4) is 11.3 Å². The van der Waals surface area contributed by atoms with Crippen molar-refractivity contribution in [2.24, 2.45) is 5.73 Å². The van der Waals surface area contributed by atoms with Crippen LogP contribution in [0.25, 0.3) is 11.3 Å².